The Morgan fingerprint density at radius 2 is 1.96 bits per heavy atom. The molecule has 0 amide bonds. The molecule has 144 valence electrons. The number of hydrogen-bond acceptors (Lipinski definition) is 3. The van der Waals surface area contributed by atoms with E-state index in [2.05, 4.69) is 15.6 Å². The molecule has 1 fully saturated rings. The summed E-state index contributed by atoms with van der Waals surface area (Å²) in [6.45, 7) is 3.63. The van der Waals surface area contributed by atoms with Gasteiger partial charge in [-0.1, -0.05) is 30.3 Å². The number of hydrogen-bond donors (Lipinski definition) is 3. The zero-order valence-corrected chi connectivity index (χ0v) is 15.8. The molecule has 0 unspecified atom stereocenters. The third kappa shape index (κ3) is 4.32. The van der Waals surface area contributed by atoms with Crippen molar-refractivity contribution in [2.24, 2.45) is 4.99 Å². The largest absolute Gasteiger partial charge is 0.504 e. The highest BCUT2D eigenvalue weighted by molar-refractivity contribution is 5.80. The van der Waals surface area contributed by atoms with Gasteiger partial charge in [-0.2, -0.15) is 0 Å². The van der Waals surface area contributed by atoms with Crippen LogP contribution >= 0.6 is 0 Å². The van der Waals surface area contributed by atoms with Crippen LogP contribution in [0, 0.1) is 5.82 Å². The van der Waals surface area contributed by atoms with Crippen molar-refractivity contribution in [3.8, 4) is 11.5 Å². The van der Waals surface area contributed by atoms with Crippen LogP contribution in [0.15, 0.2) is 47.5 Å². The predicted octanol–water partition coefficient (Wildman–Crippen LogP) is 3.33. The van der Waals surface area contributed by atoms with Gasteiger partial charge in [-0.3, -0.25) is 0 Å². The minimum absolute atomic E-state index is 0.101. The van der Waals surface area contributed by atoms with Gasteiger partial charge in [0.15, 0.2) is 17.5 Å². The molecule has 3 N–H and O–H groups in total. The smallest absolute Gasteiger partial charge is 0.191 e. The minimum atomic E-state index is -0.167. The van der Waals surface area contributed by atoms with E-state index in [9.17, 15) is 9.50 Å². The first-order chi connectivity index (χ1) is 13.1. The van der Waals surface area contributed by atoms with Crippen LogP contribution in [0.3, 0.4) is 0 Å². The number of aromatic hydroxyl groups is 1. The molecule has 0 atom stereocenters. The van der Waals surface area contributed by atoms with Gasteiger partial charge in [0.05, 0.1) is 13.7 Å². The second-order valence-corrected chi connectivity index (χ2v) is 6.78. The highest BCUT2D eigenvalue weighted by Crippen LogP contribution is 2.48. The van der Waals surface area contributed by atoms with Crippen LogP contribution < -0.4 is 15.4 Å². The first kappa shape index (κ1) is 19.0. The number of halogens is 1. The average molecular weight is 371 g/mol. The Hall–Kier alpha value is -2.76. The van der Waals surface area contributed by atoms with Gasteiger partial charge < -0.3 is 20.5 Å². The number of benzene rings is 2. The third-order valence-corrected chi connectivity index (χ3v) is 4.95. The Kier molecular flexibility index (Phi) is 5.84. The van der Waals surface area contributed by atoms with Crippen molar-refractivity contribution in [2.75, 3.05) is 20.2 Å². The van der Waals surface area contributed by atoms with E-state index in [1.54, 1.807) is 12.1 Å². The molecule has 2 aromatic rings. The zero-order chi connectivity index (χ0) is 19.3. The second-order valence-electron chi connectivity index (χ2n) is 6.78. The molecule has 0 aromatic heterocycles. The van der Waals surface area contributed by atoms with Gasteiger partial charge in [-0.15, -0.1) is 0 Å². The maximum Gasteiger partial charge on any atom is 0.191 e. The van der Waals surface area contributed by atoms with Crippen molar-refractivity contribution in [1.29, 1.82) is 0 Å². The lowest BCUT2D eigenvalue weighted by Gasteiger charge is -2.19. The summed E-state index contributed by atoms with van der Waals surface area (Å²) in [5.74, 6) is 1.02. The molecular formula is C21H26FN3O2. The number of rotatable bonds is 7. The Morgan fingerprint density at radius 3 is 2.63 bits per heavy atom. The standard InChI is InChI=1S/C21H26FN3O2/c1-3-23-20(24-13-15-7-6-10-18(27-2)19(15)26)25-14-21(11-12-21)16-8-4-5-9-17(16)22/h4-10,26H,3,11-14H2,1-2H3,(H2,23,24,25). The van der Waals surface area contributed by atoms with Gasteiger partial charge in [0.25, 0.3) is 0 Å². The summed E-state index contributed by atoms with van der Waals surface area (Å²) in [5, 5.41) is 16.7. The van der Waals surface area contributed by atoms with Gasteiger partial charge in [-0.25, -0.2) is 9.38 Å². The van der Waals surface area contributed by atoms with Crippen molar-refractivity contribution in [2.45, 2.75) is 31.7 Å². The molecule has 0 saturated heterocycles. The maximum absolute atomic E-state index is 14.2. The van der Waals surface area contributed by atoms with Gasteiger partial charge in [-0.05, 0) is 37.5 Å². The van der Waals surface area contributed by atoms with Crippen LogP contribution in [0.1, 0.15) is 30.9 Å². The fraction of sp³-hybridized carbons (Fsp3) is 0.381. The normalized spacial score (nSPS) is 15.3. The molecule has 5 nitrogen and oxygen atoms in total. The van der Waals surface area contributed by atoms with Gasteiger partial charge in [0.1, 0.15) is 5.82 Å². The molecule has 0 spiro atoms. The molecular weight excluding hydrogens is 345 g/mol. The Labute approximate surface area is 159 Å². The summed E-state index contributed by atoms with van der Waals surface area (Å²) in [6, 6.07) is 12.3. The van der Waals surface area contributed by atoms with E-state index in [0.717, 1.165) is 18.4 Å². The van der Waals surface area contributed by atoms with Crippen LogP contribution in [0.5, 0.6) is 11.5 Å². The van der Waals surface area contributed by atoms with Crippen LogP contribution in [-0.2, 0) is 12.0 Å². The fourth-order valence-electron chi connectivity index (χ4n) is 3.20. The molecule has 0 radical (unpaired) electrons. The van der Waals surface area contributed by atoms with Gasteiger partial charge in [0, 0.05) is 24.1 Å². The molecule has 0 heterocycles. The quantitative estimate of drug-likeness (QED) is 0.516. The Bertz CT molecular complexity index is 819. The molecule has 6 heteroatoms. The molecule has 1 saturated carbocycles. The predicted molar refractivity (Wildman–Crippen MR) is 105 cm³/mol. The highest BCUT2D eigenvalue weighted by atomic mass is 19.1. The monoisotopic (exact) mass is 371 g/mol. The van der Waals surface area contributed by atoms with Crippen LogP contribution in [0.25, 0.3) is 0 Å². The number of ether oxygens (including phenoxy) is 1. The van der Waals surface area contributed by atoms with Crippen LogP contribution in [0.4, 0.5) is 4.39 Å². The summed E-state index contributed by atoms with van der Waals surface area (Å²) >= 11 is 0. The first-order valence-electron chi connectivity index (χ1n) is 9.21. The Morgan fingerprint density at radius 1 is 1.19 bits per heavy atom. The molecule has 27 heavy (non-hydrogen) atoms. The number of phenolic OH excluding ortho intramolecular Hbond substituents is 1. The van der Waals surface area contributed by atoms with Crippen molar-refractivity contribution < 1.29 is 14.2 Å². The molecule has 0 aliphatic heterocycles. The lowest BCUT2D eigenvalue weighted by Crippen LogP contribution is -2.41. The first-order valence-corrected chi connectivity index (χ1v) is 9.21. The zero-order valence-electron chi connectivity index (χ0n) is 15.8. The second kappa shape index (κ2) is 8.29. The molecule has 1 aliphatic rings. The SMILES string of the molecule is CCNC(=NCc1cccc(OC)c1O)NCC1(c2ccccc2F)CC1. The average Bonchev–Trinajstić information content (AvgIpc) is 3.46. The number of guanidine groups is 1. The van der Waals surface area contributed by atoms with Gasteiger partial charge in [0.2, 0.25) is 0 Å². The van der Waals surface area contributed by atoms with Crippen molar-refractivity contribution in [3.63, 3.8) is 0 Å². The number of aliphatic imine (C=N–C) groups is 1. The van der Waals surface area contributed by atoms with E-state index >= 15 is 0 Å². The van der Waals surface area contributed by atoms with E-state index < -0.39 is 0 Å². The number of methoxy groups -OCH3 is 1. The molecule has 1 aliphatic carbocycles. The number of phenols is 1. The van der Waals surface area contributed by atoms with Crippen LogP contribution in [-0.4, -0.2) is 31.3 Å². The topological polar surface area (TPSA) is 65.9 Å². The molecule has 0 bridgehead atoms. The summed E-state index contributed by atoms with van der Waals surface area (Å²) < 4.78 is 19.3. The summed E-state index contributed by atoms with van der Waals surface area (Å²) in [5.41, 5.74) is 1.28. The lowest BCUT2D eigenvalue weighted by molar-refractivity contribution is 0.370. The summed E-state index contributed by atoms with van der Waals surface area (Å²) in [4.78, 5) is 4.55. The summed E-state index contributed by atoms with van der Waals surface area (Å²) in [6.07, 6.45) is 1.91. The number of nitrogens with zero attached hydrogens (tertiary/aromatic N) is 1. The maximum atomic E-state index is 14.2. The van der Waals surface area contributed by atoms with Crippen molar-refractivity contribution in [3.05, 3.63) is 59.4 Å². The van der Waals surface area contributed by atoms with Gasteiger partial charge >= 0.3 is 0 Å². The fourth-order valence-corrected chi connectivity index (χ4v) is 3.20. The van der Waals surface area contributed by atoms with E-state index in [4.69, 9.17) is 4.74 Å². The van der Waals surface area contributed by atoms with E-state index in [1.165, 1.54) is 13.2 Å². The van der Waals surface area contributed by atoms with E-state index in [-0.39, 0.29) is 17.0 Å². The molecule has 3 rings (SSSR count). The van der Waals surface area contributed by atoms with E-state index in [1.807, 2.05) is 31.2 Å². The van der Waals surface area contributed by atoms with Crippen LogP contribution in [0.2, 0.25) is 0 Å². The van der Waals surface area contributed by atoms with Crippen molar-refractivity contribution in [1.82, 2.24) is 10.6 Å². The Balaban J connectivity index is 1.69. The minimum Gasteiger partial charge on any atom is -0.504 e. The lowest BCUT2D eigenvalue weighted by atomic mass is 9.95. The molecule has 2 aromatic carbocycles. The van der Waals surface area contributed by atoms with E-state index in [0.29, 0.717) is 36.9 Å². The number of para-hydroxylation sites is 1. The number of nitrogens with one attached hydrogen (secondary N) is 2. The van der Waals surface area contributed by atoms with Crippen molar-refractivity contribution >= 4 is 5.96 Å². The third-order valence-electron chi connectivity index (χ3n) is 4.95. The summed E-state index contributed by atoms with van der Waals surface area (Å²) in [7, 11) is 1.52. The highest BCUT2D eigenvalue weighted by Gasteiger charge is 2.45.